The van der Waals surface area contributed by atoms with Gasteiger partial charge in [-0.2, -0.15) is 0 Å². The van der Waals surface area contributed by atoms with Crippen LogP contribution in [0.3, 0.4) is 0 Å². The molecule has 0 fully saturated rings. The zero-order chi connectivity index (χ0) is 14.7. The van der Waals surface area contributed by atoms with Crippen LogP contribution in [0.4, 0.5) is 5.69 Å². The van der Waals surface area contributed by atoms with Gasteiger partial charge in [-0.3, -0.25) is 9.20 Å². The fraction of sp³-hybridized carbons (Fsp3) is 0.133. The van der Waals surface area contributed by atoms with Crippen molar-refractivity contribution < 1.29 is 4.79 Å². The van der Waals surface area contributed by atoms with E-state index >= 15 is 0 Å². The molecule has 21 heavy (non-hydrogen) atoms. The molecule has 0 unspecified atom stereocenters. The van der Waals surface area contributed by atoms with Crippen molar-refractivity contribution in [1.29, 1.82) is 0 Å². The van der Waals surface area contributed by atoms with Gasteiger partial charge in [0.15, 0.2) is 10.8 Å². The van der Waals surface area contributed by atoms with E-state index in [4.69, 9.17) is 0 Å². The molecule has 0 radical (unpaired) electrons. The Hall–Kier alpha value is -2.34. The number of fused-ring (bicyclic) bond motifs is 1. The molecule has 0 aliphatic rings. The molecule has 1 N–H and O–H groups in total. The van der Waals surface area contributed by atoms with Gasteiger partial charge in [-0.1, -0.05) is 36.0 Å². The molecule has 6 heteroatoms. The van der Waals surface area contributed by atoms with Crippen LogP contribution < -0.4 is 5.32 Å². The number of rotatable bonds is 4. The molecule has 0 bridgehead atoms. The summed E-state index contributed by atoms with van der Waals surface area (Å²) in [6.45, 7) is 1.85. The van der Waals surface area contributed by atoms with E-state index in [0.29, 0.717) is 5.16 Å². The number of thioether (sulfide) groups is 1. The topological polar surface area (TPSA) is 59.3 Å². The Morgan fingerprint density at radius 3 is 2.71 bits per heavy atom. The van der Waals surface area contributed by atoms with Gasteiger partial charge in [0, 0.05) is 11.9 Å². The van der Waals surface area contributed by atoms with E-state index in [1.165, 1.54) is 11.8 Å². The molecule has 0 spiro atoms. The van der Waals surface area contributed by atoms with Crippen molar-refractivity contribution in [2.45, 2.75) is 17.3 Å². The first-order valence-electron chi connectivity index (χ1n) is 6.56. The van der Waals surface area contributed by atoms with E-state index < -0.39 is 0 Å². The molecule has 1 aromatic carbocycles. The van der Waals surface area contributed by atoms with Gasteiger partial charge in [0.05, 0.1) is 5.25 Å². The number of hydrogen-bond donors (Lipinski definition) is 1. The number of amides is 1. The van der Waals surface area contributed by atoms with Crippen LogP contribution >= 0.6 is 11.8 Å². The summed E-state index contributed by atoms with van der Waals surface area (Å²) < 4.78 is 1.87. The van der Waals surface area contributed by atoms with Crippen molar-refractivity contribution in [2.24, 2.45) is 0 Å². The zero-order valence-electron chi connectivity index (χ0n) is 11.4. The highest BCUT2D eigenvalue weighted by molar-refractivity contribution is 8.00. The van der Waals surface area contributed by atoms with Crippen molar-refractivity contribution in [1.82, 2.24) is 14.6 Å². The smallest absolute Gasteiger partial charge is 0.237 e. The van der Waals surface area contributed by atoms with Crippen LogP contribution in [0.5, 0.6) is 0 Å². The average molecular weight is 298 g/mol. The van der Waals surface area contributed by atoms with Crippen molar-refractivity contribution in [2.75, 3.05) is 5.32 Å². The largest absolute Gasteiger partial charge is 0.325 e. The van der Waals surface area contributed by atoms with Crippen molar-refractivity contribution >= 4 is 29.0 Å². The van der Waals surface area contributed by atoms with Gasteiger partial charge in [0.25, 0.3) is 0 Å². The molecule has 0 aliphatic heterocycles. The fourth-order valence-electron chi connectivity index (χ4n) is 1.88. The van der Waals surface area contributed by atoms with Crippen molar-refractivity contribution in [3.63, 3.8) is 0 Å². The number of anilines is 1. The number of nitrogens with zero attached hydrogens (tertiary/aromatic N) is 3. The van der Waals surface area contributed by atoms with Crippen LogP contribution in [0, 0.1) is 0 Å². The third-order valence-electron chi connectivity index (χ3n) is 2.98. The summed E-state index contributed by atoms with van der Waals surface area (Å²) in [4.78, 5) is 12.2. The molecular formula is C15H14N4OS. The second-order valence-corrected chi connectivity index (χ2v) is 5.83. The predicted octanol–water partition coefficient (Wildman–Crippen LogP) is 2.85. The number of nitrogens with one attached hydrogen (secondary N) is 1. The molecule has 0 saturated heterocycles. The first-order chi connectivity index (χ1) is 10.2. The van der Waals surface area contributed by atoms with E-state index in [0.717, 1.165) is 11.3 Å². The Labute approximate surface area is 126 Å². The number of para-hydroxylation sites is 1. The SMILES string of the molecule is C[C@H](Sc1nnc2ccccn12)C(=O)Nc1ccccc1. The van der Waals surface area contributed by atoms with E-state index in [1.807, 2.05) is 66.1 Å². The Morgan fingerprint density at radius 1 is 1.14 bits per heavy atom. The number of pyridine rings is 1. The number of benzene rings is 1. The third kappa shape index (κ3) is 3.05. The second-order valence-electron chi connectivity index (χ2n) is 4.53. The van der Waals surface area contributed by atoms with Gasteiger partial charge >= 0.3 is 0 Å². The van der Waals surface area contributed by atoms with Gasteiger partial charge in [0.1, 0.15) is 0 Å². The minimum absolute atomic E-state index is 0.0566. The third-order valence-corrected chi connectivity index (χ3v) is 4.03. The lowest BCUT2D eigenvalue weighted by Gasteiger charge is -2.10. The van der Waals surface area contributed by atoms with Gasteiger partial charge in [0.2, 0.25) is 5.91 Å². The fourth-order valence-corrected chi connectivity index (χ4v) is 2.71. The molecule has 0 saturated carbocycles. The average Bonchev–Trinajstić information content (AvgIpc) is 2.91. The highest BCUT2D eigenvalue weighted by Gasteiger charge is 2.17. The maximum absolute atomic E-state index is 12.2. The van der Waals surface area contributed by atoms with E-state index in [1.54, 1.807) is 0 Å². The van der Waals surface area contributed by atoms with E-state index in [9.17, 15) is 4.79 Å². The molecule has 3 aromatic rings. The summed E-state index contributed by atoms with van der Waals surface area (Å²) in [7, 11) is 0. The number of carbonyl (C=O) groups excluding carboxylic acids is 1. The summed E-state index contributed by atoms with van der Waals surface area (Å²) in [5.74, 6) is -0.0566. The van der Waals surface area contributed by atoms with Crippen LogP contribution in [0.2, 0.25) is 0 Å². The van der Waals surface area contributed by atoms with E-state index in [-0.39, 0.29) is 11.2 Å². The summed E-state index contributed by atoms with van der Waals surface area (Å²) in [6, 6.07) is 15.1. The highest BCUT2D eigenvalue weighted by atomic mass is 32.2. The lowest BCUT2D eigenvalue weighted by Crippen LogP contribution is -2.22. The molecule has 0 aliphatic carbocycles. The summed E-state index contributed by atoms with van der Waals surface area (Å²) in [5, 5.41) is 11.5. The molecule has 2 aromatic heterocycles. The van der Waals surface area contributed by atoms with Crippen LogP contribution in [0.25, 0.3) is 5.65 Å². The molecule has 1 amide bonds. The Bertz CT molecular complexity index is 756. The summed E-state index contributed by atoms with van der Waals surface area (Å²) in [6.07, 6.45) is 1.89. The maximum Gasteiger partial charge on any atom is 0.237 e. The normalized spacial score (nSPS) is 12.2. The lowest BCUT2D eigenvalue weighted by molar-refractivity contribution is -0.115. The number of aromatic nitrogens is 3. The Balaban J connectivity index is 1.71. The number of carbonyl (C=O) groups is 1. The molecule has 3 rings (SSSR count). The van der Waals surface area contributed by atoms with Gasteiger partial charge < -0.3 is 5.32 Å². The minimum Gasteiger partial charge on any atom is -0.325 e. The highest BCUT2D eigenvalue weighted by Crippen LogP contribution is 2.23. The maximum atomic E-state index is 12.2. The monoisotopic (exact) mass is 298 g/mol. The molecule has 106 valence electrons. The quantitative estimate of drug-likeness (QED) is 0.752. The lowest BCUT2D eigenvalue weighted by atomic mass is 10.3. The minimum atomic E-state index is -0.266. The molecule has 2 heterocycles. The van der Waals surface area contributed by atoms with Gasteiger partial charge in [-0.05, 0) is 31.2 Å². The van der Waals surface area contributed by atoms with Crippen molar-refractivity contribution in [3.05, 3.63) is 54.7 Å². The standard InChI is InChI=1S/C15H14N4OS/c1-11(14(20)16-12-7-3-2-4-8-12)21-15-18-17-13-9-5-6-10-19(13)15/h2-11H,1H3,(H,16,20)/t11-/m0/s1. The predicted molar refractivity (Wildman–Crippen MR) is 83.4 cm³/mol. The second kappa shape index (κ2) is 5.97. The van der Waals surface area contributed by atoms with Crippen LogP contribution in [-0.2, 0) is 4.79 Å². The van der Waals surface area contributed by atoms with Gasteiger partial charge in [-0.25, -0.2) is 0 Å². The van der Waals surface area contributed by atoms with Crippen LogP contribution in [-0.4, -0.2) is 25.8 Å². The Kier molecular flexibility index (Phi) is 3.87. The summed E-state index contributed by atoms with van der Waals surface area (Å²) in [5.41, 5.74) is 1.57. The van der Waals surface area contributed by atoms with Crippen molar-refractivity contribution in [3.8, 4) is 0 Å². The summed E-state index contributed by atoms with van der Waals surface area (Å²) >= 11 is 1.38. The molecule has 1 atom stereocenters. The first-order valence-corrected chi connectivity index (χ1v) is 7.44. The molecular weight excluding hydrogens is 284 g/mol. The Morgan fingerprint density at radius 2 is 1.90 bits per heavy atom. The van der Waals surface area contributed by atoms with Crippen LogP contribution in [0.1, 0.15) is 6.92 Å². The zero-order valence-corrected chi connectivity index (χ0v) is 12.2. The van der Waals surface area contributed by atoms with Gasteiger partial charge in [-0.15, -0.1) is 10.2 Å². The van der Waals surface area contributed by atoms with E-state index in [2.05, 4.69) is 15.5 Å². The molecule has 5 nitrogen and oxygen atoms in total. The first kappa shape index (κ1) is 13.6. The number of hydrogen-bond acceptors (Lipinski definition) is 4. The van der Waals surface area contributed by atoms with Crippen LogP contribution in [0.15, 0.2) is 59.9 Å².